The molecule has 1 aliphatic rings. The van der Waals surface area contributed by atoms with Crippen molar-refractivity contribution >= 4 is 21.4 Å². The van der Waals surface area contributed by atoms with E-state index in [0.29, 0.717) is 23.2 Å². The van der Waals surface area contributed by atoms with E-state index in [2.05, 4.69) is 0 Å². The second-order valence-electron chi connectivity index (χ2n) is 4.91. The van der Waals surface area contributed by atoms with E-state index < -0.39 is 10.0 Å². The van der Waals surface area contributed by atoms with Crippen LogP contribution in [0.4, 0.5) is 0 Å². The van der Waals surface area contributed by atoms with Crippen LogP contribution in [0.5, 0.6) is 0 Å². The van der Waals surface area contributed by atoms with Crippen LogP contribution >= 0.6 is 11.3 Å². The van der Waals surface area contributed by atoms with E-state index in [1.54, 1.807) is 13.1 Å². The van der Waals surface area contributed by atoms with Gasteiger partial charge in [-0.15, -0.1) is 11.3 Å². The maximum atomic E-state index is 12.3. The van der Waals surface area contributed by atoms with Crippen LogP contribution in [0.25, 0.3) is 0 Å². The lowest BCUT2D eigenvalue weighted by molar-refractivity contribution is 0.388. The molecule has 2 N–H and O–H groups in total. The van der Waals surface area contributed by atoms with Crippen molar-refractivity contribution in [2.24, 2.45) is 11.7 Å². The third-order valence-electron chi connectivity index (χ3n) is 3.52. The third-order valence-corrected chi connectivity index (χ3v) is 6.81. The molecule has 0 bridgehead atoms. The number of hydrogen-bond donors (Lipinski definition) is 1. The standard InChI is InChI=1S/C12H20N2O2S2/c1-14(8-10-4-2-3-5-10)18(15,16)12-6-11(7-13)9-17-12/h6,9-10H,2-5,7-8,13H2,1H3. The van der Waals surface area contributed by atoms with Gasteiger partial charge in [-0.25, -0.2) is 8.42 Å². The Bertz CT molecular complexity index is 490. The lowest BCUT2D eigenvalue weighted by Gasteiger charge is -2.19. The summed E-state index contributed by atoms with van der Waals surface area (Å²) in [5.41, 5.74) is 6.40. The first-order valence-electron chi connectivity index (χ1n) is 6.28. The lowest BCUT2D eigenvalue weighted by Crippen LogP contribution is -2.30. The van der Waals surface area contributed by atoms with Crippen LogP contribution in [0, 0.1) is 5.92 Å². The van der Waals surface area contributed by atoms with E-state index in [4.69, 9.17) is 5.73 Å². The van der Waals surface area contributed by atoms with Crippen molar-refractivity contribution in [3.05, 3.63) is 17.0 Å². The summed E-state index contributed by atoms with van der Waals surface area (Å²) in [7, 11) is -1.64. The predicted octanol–water partition coefficient (Wildman–Crippen LogP) is 2.02. The molecule has 0 aliphatic heterocycles. The second kappa shape index (κ2) is 5.69. The highest BCUT2D eigenvalue weighted by atomic mass is 32.2. The molecule has 4 nitrogen and oxygen atoms in total. The molecule has 2 rings (SSSR count). The molecule has 0 atom stereocenters. The van der Waals surface area contributed by atoms with Gasteiger partial charge in [0.25, 0.3) is 10.0 Å². The van der Waals surface area contributed by atoms with Gasteiger partial charge in [0.1, 0.15) is 4.21 Å². The minimum atomic E-state index is -3.32. The highest BCUT2D eigenvalue weighted by molar-refractivity contribution is 7.91. The topological polar surface area (TPSA) is 63.4 Å². The molecule has 0 amide bonds. The predicted molar refractivity (Wildman–Crippen MR) is 74.0 cm³/mol. The lowest BCUT2D eigenvalue weighted by atomic mass is 10.1. The molecule has 0 aromatic carbocycles. The van der Waals surface area contributed by atoms with E-state index >= 15 is 0 Å². The molecule has 1 aromatic heterocycles. The summed E-state index contributed by atoms with van der Waals surface area (Å²) >= 11 is 1.26. The van der Waals surface area contributed by atoms with Crippen molar-refractivity contribution in [2.75, 3.05) is 13.6 Å². The highest BCUT2D eigenvalue weighted by Crippen LogP contribution is 2.28. The monoisotopic (exact) mass is 288 g/mol. The Morgan fingerprint density at radius 3 is 2.67 bits per heavy atom. The van der Waals surface area contributed by atoms with E-state index in [1.165, 1.54) is 28.5 Å². The minimum absolute atomic E-state index is 0.387. The quantitative estimate of drug-likeness (QED) is 0.901. The minimum Gasteiger partial charge on any atom is -0.326 e. The van der Waals surface area contributed by atoms with Gasteiger partial charge in [-0.3, -0.25) is 0 Å². The largest absolute Gasteiger partial charge is 0.326 e. The van der Waals surface area contributed by atoms with Gasteiger partial charge in [0.05, 0.1) is 0 Å². The molecule has 1 saturated carbocycles. The molecule has 1 heterocycles. The molecule has 1 aromatic rings. The maximum Gasteiger partial charge on any atom is 0.252 e. The van der Waals surface area contributed by atoms with Crippen LogP contribution in [-0.4, -0.2) is 26.3 Å². The van der Waals surface area contributed by atoms with Crippen LogP contribution in [-0.2, 0) is 16.6 Å². The Morgan fingerprint density at radius 2 is 2.11 bits per heavy atom. The van der Waals surface area contributed by atoms with Crippen LogP contribution in [0.3, 0.4) is 0 Å². The van der Waals surface area contributed by atoms with Gasteiger partial charge in [-0.1, -0.05) is 12.8 Å². The van der Waals surface area contributed by atoms with E-state index in [9.17, 15) is 8.42 Å². The summed E-state index contributed by atoms with van der Waals surface area (Å²) in [6, 6.07) is 1.69. The zero-order valence-electron chi connectivity index (χ0n) is 10.6. The Hall–Kier alpha value is -0.430. The van der Waals surface area contributed by atoms with Crippen LogP contribution < -0.4 is 5.73 Å². The molecule has 18 heavy (non-hydrogen) atoms. The molecule has 0 spiro atoms. The van der Waals surface area contributed by atoms with Gasteiger partial charge < -0.3 is 5.73 Å². The molecule has 0 saturated heterocycles. The summed E-state index contributed by atoms with van der Waals surface area (Å²) in [5, 5.41) is 1.82. The Balaban J connectivity index is 2.09. The summed E-state index contributed by atoms with van der Waals surface area (Å²) in [6.45, 7) is 1.02. The molecule has 102 valence electrons. The molecule has 1 fully saturated rings. The summed E-state index contributed by atoms with van der Waals surface area (Å²) in [6.07, 6.45) is 4.76. The first-order valence-corrected chi connectivity index (χ1v) is 8.60. The Morgan fingerprint density at radius 1 is 1.44 bits per heavy atom. The zero-order chi connectivity index (χ0) is 13.2. The van der Waals surface area contributed by atoms with Gasteiger partial charge in [-0.2, -0.15) is 4.31 Å². The second-order valence-corrected chi connectivity index (χ2v) is 8.10. The Kier molecular flexibility index (Phi) is 4.42. The van der Waals surface area contributed by atoms with E-state index in [1.807, 2.05) is 5.38 Å². The molecular formula is C12H20N2O2S2. The molecule has 0 unspecified atom stereocenters. The number of nitrogens with two attached hydrogens (primary N) is 1. The van der Waals surface area contributed by atoms with Gasteiger partial charge >= 0.3 is 0 Å². The molecule has 1 aliphatic carbocycles. The van der Waals surface area contributed by atoms with Crippen molar-refractivity contribution in [1.82, 2.24) is 4.31 Å². The fourth-order valence-electron chi connectivity index (χ4n) is 2.40. The van der Waals surface area contributed by atoms with Gasteiger partial charge in [0.15, 0.2) is 0 Å². The molecule has 6 heteroatoms. The summed E-state index contributed by atoms with van der Waals surface area (Å²) < 4.78 is 26.6. The third kappa shape index (κ3) is 2.93. The maximum absolute atomic E-state index is 12.3. The molecular weight excluding hydrogens is 268 g/mol. The van der Waals surface area contributed by atoms with Crippen molar-refractivity contribution in [3.63, 3.8) is 0 Å². The fraction of sp³-hybridized carbons (Fsp3) is 0.667. The summed E-state index contributed by atoms with van der Waals surface area (Å²) in [4.78, 5) is 0. The van der Waals surface area contributed by atoms with Crippen molar-refractivity contribution in [3.8, 4) is 0 Å². The van der Waals surface area contributed by atoms with Gasteiger partial charge in [-0.05, 0) is 35.8 Å². The zero-order valence-corrected chi connectivity index (χ0v) is 12.3. The van der Waals surface area contributed by atoms with Crippen LogP contribution in [0.2, 0.25) is 0 Å². The number of hydrogen-bond acceptors (Lipinski definition) is 4. The average molecular weight is 288 g/mol. The number of nitrogens with zero attached hydrogens (tertiary/aromatic N) is 1. The smallest absolute Gasteiger partial charge is 0.252 e. The molecule has 0 radical (unpaired) electrons. The van der Waals surface area contributed by atoms with Crippen LogP contribution in [0.15, 0.2) is 15.7 Å². The van der Waals surface area contributed by atoms with E-state index in [0.717, 1.165) is 18.4 Å². The van der Waals surface area contributed by atoms with Crippen molar-refractivity contribution in [1.29, 1.82) is 0 Å². The van der Waals surface area contributed by atoms with E-state index in [-0.39, 0.29) is 0 Å². The SMILES string of the molecule is CN(CC1CCCC1)S(=O)(=O)c1cc(CN)cs1. The number of sulfonamides is 1. The summed E-state index contributed by atoms with van der Waals surface area (Å²) in [5.74, 6) is 0.527. The average Bonchev–Trinajstić information content (AvgIpc) is 2.99. The highest BCUT2D eigenvalue weighted by Gasteiger charge is 2.26. The fourth-order valence-corrected chi connectivity index (χ4v) is 5.08. The number of rotatable bonds is 5. The first kappa shape index (κ1) is 14.0. The normalized spacial score (nSPS) is 17.7. The van der Waals surface area contributed by atoms with Crippen molar-refractivity contribution < 1.29 is 8.42 Å². The van der Waals surface area contributed by atoms with Crippen molar-refractivity contribution in [2.45, 2.75) is 36.4 Å². The van der Waals surface area contributed by atoms with Gasteiger partial charge in [0, 0.05) is 20.1 Å². The first-order chi connectivity index (χ1) is 8.54. The van der Waals surface area contributed by atoms with Gasteiger partial charge in [0.2, 0.25) is 0 Å². The van der Waals surface area contributed by atoms with Crippen LogP contribution in [0.1, 0.15) is 31.2 Å². The Labute approximate surface area is 113 Å². The number of thiophene rings is 1.